The number of carbonyl (C=O) groups excluding carboxylic acids is 4. The van der Waals surface area contributed by atoms with Crippen LogP contribution in [0.1, 0.15) is 87.6 Å². The molecule has 0 aliphatic carbocycles. The predicted molar refractivity (Wildman–Crippen MR) is 231 cm³/mol. The van der Waals surface area contributed by atoms with Crippen LogP contribution >= 0.6 is 22.7 Å². The van der Waals surface area contributed by atoms with Crippen molar-refractivity contribution in [3.63, 3.8) is 0 Å². The Morgan fingerprint density at radius 3 is 1.25 bits per heavy atom. The Kier molecular flexibility index (Phi) is 14.8. The Hall–Kier alpha value is -5.04. The molecule has 2 atom stereocenters. The topological polar surface area (TPSA) is 175 Å². The number of anilines is 2. The second kappa shape index (κ2) is 20.0. The van der Waals surface area contributed by atoms with Gasteiger partial charge >= 0.3 is 12.2 Å². The minimum Gasteiger partial charge on any atom is -0.444 e. The largest absolute Gasteiger partial charge is 0.444 e. The number of hydrogen-bond acceptors (Lipinski definition) is 14. The van der Waals surface area contributed by atoms with Crippen LogP contribution in [0.15, 0.2) is 60.7 Å². The van der Waals surface area contributed by atoms with E-state index in [4.69, 9.17) is 9.47 Å². The van der Waals surface area contributed by atoms with Gasteiger partial charge in [-0.3, -0.25) is 30.0 Å². The summed E-state index contributed by atoms with van der Waals surface area (Å²) in [5.41, 5.74) is 0.559. The lowest BCUT2D eigenvalue weighted by molar-refractivity contribution is -0.123. The van der Waals surface area contributed by atoms with Gasteiger partial charge in [0.15, 0.2) is 0 Å². The molecule has 0 saturated carbocycles. The van der Waals surface area contributed by atoms with Crippen LogP contribution in [0.3, 0.4) is 0 Å². The van der Waals surface area contributed by atoms with Crippen LogP contribution in [-0.2, 0) is 31.9 Å². The lowest BCUT2D eigenvalue weighted by Crippen LogP contribution is -2.52. The van der Waals surface area contributed by atoms with Gasteiger partial charge in [-0.25, -0.2) is 9.59 Å². The lowest BCUT2D eigenvalue weighted by atomic mass is 10.0. The summed E-state index contributed by atoms with van der Waals surface area (Å²) in [6, 6.07) is 18.1. The van der Waals surface area contributed by atoms with Crippen LogP contribution in [0.4, 0.5) is 19.9 Å². The Labute approximate surface area is 359 Å². The number of hydrogen-bond donors (Lipinski definition) is 2. The number of aryl methyl sites for hydroxylation is 2. The van der Waals surface area contributed by atoms with Crippen LogP contribution < -0.4 is 10.6 Å². The van der Waals surface area contributed by atoms with E-state index >= 15 is 0 Å². The van der Waals surface area contributed by atoms with Crippen molar-refractivity contribution >= 4 is 56.9 Å². The number of rotatable bonds is 13. The SMILES string of the molecule is CC(C)(C)OC(=O)N1CCN(C(C(=O)Nc2nnc(CCCCc3nnc(NC(=O)C(c4ccccc4)N4CCN(C(=O)OC(C)(C)C)CC4)s3)s2)c2ccccc2)CC1. The van der Waals surface area contributed by atoms with Crippen LogP contribution in [0.25, 0.3) is 0 Å². The molecule has 4 heterocycles. The fourth-order valence-electron chi connectivity index (χ4n) is 7.02. The smallest absolute Gasteiger partial charge is 0.410 e. The van der Waals surface area contributed by atoms with E-state index in [9.17, 15) is 19.2 Å². The Bertz CT molecular complexity index is 1890. The molecule has 2 aliphatic rings. The van der Waals surface area contributed by atoms with E-state index < -0.39 is 23.3 Å². The van der Waals surface area contributed by atoms with Crippen molar-refractivity contribution < 1.29 is 28.7 Å². The fraction of sp³-hybridized carbons (Fsp3) is 0.524. The number of benzene rings is 2. The van der Waals surface area contributed by atoms with E-state index in [-0.39, 0.29) is 24.0 Å². The number of aromatic nitrogens is 4. The van der Waals surface area contributed by atoms with Gasteiger partial charge in [-0.1, -0.05) is 83.3 Å². The van der Waals surface area contributed by atoms with Crippen molar-refractivity contribution in [1.82, 2.24) is 40.0 Å². The summed E-state index contributed by atoms with van der Waals surface area (Å²) in [4.78, 5) is 60.4. The van der Waals surface area contributed by atoms with E-state index in [0.29, 0.717) is 75.5 Å². The molecule has 60 heavy (non-hydrogen) atoms. The van der Waals surface area contributed by atoms with Gasteiger partial charge in [-0.05, 0) is 65.5 Å². The Morgan fingerprint density at radius 1 is 0.567 bits per heavy atom. The van der Waals surface area contributed by atoms with Crippen LogP contribution in [0.5, 0.6) is 0 Å². The molecule has 0 bridgehead atoms. The molecule has 4 amide bonds. The first-order valence-electron chi connectivity index (χ1n) is 20.4. The molecule has 18 heteroatoms. The molecule has 2 aromatic carbocycles. The maximum atomic E-state index is 13.8. The van der Waals surface area contributed by atoms with Gasteiger partial charge in [0.2, 0.25) is 22.1 Å². The van der Waals surface area contributed by atoms with Gasteiger partial charge < -0.3 is 19.3 Å². The summed E-state index contributed by atoms with van der Waals surface area (Å²) in [7, 11) is 0. The van der Waals surface area contributed by atoms with E-state index in [1.807, 2.05) is 102 Å². The molecule has 6 rings (SSSR count). The number of unbranched alkanes of at least 4 members (excludes halogenated alkanes) is 1. The highest BCUT2D eigenvalue weighted by Crippen LogP contribution is 2.29. The number of nitrogens with zero attached hydrogens (tertiary/aromatic N) is 8. The average molecular weight is 861 g/mol. The Balaban J connectivity index is 0.973. The van der Waals surface area contributed by atoms with Crippen molar-refractivity contribution in [3.05, 3.63) is 81.8 Å². The standard InChI is InChI=1S/C42H56N10O6S2/c1-41(2,3)57-39(55)51-25-21-49(22-26-51)33(29-15-9-7-10-16-29)35(53)43-37-47-45-31(59-37)19-13-14-20-32-46-48-38(60-32)44-36(54)34(30-17-11-8-12-18-30)50-23-27-52(28-24-50)40(56)58-42(4,5)6/h7-12,15-18,33-34H,13-14,19-28H2,1-6H3,(H,43,47,53)(H,44,48,54). The third-order valence-corrected chi connectivity index (χ3v) is 11.6. The van der Waals surface area contributed by atoms with Crippen molar-refractivity contribution in [2.75, 3.05) is 63.0 Å². The zero-order valence-corrected chi connectivity index (χ0v) is 36.9. The molecule has 2 N–H and O–H groups in total. The van der Waals surface area contributed by atoms with Gasteiger partial charge in [0, 0.05) is 65.2 Å². The number of ether oxygens (including phenoxy) is 2. The molecule has 2 unspecified atom stereocenters. The highest BCUT2D eigenvalue weighted by atomic mass is 32.1. The summed E-state index contributed by atoms with van der Waals surface area (Å²) in [6.07, 6.45) is 2.32. The minimum atomic E-state index is -0.578. The molecule has 2 saturated heterocycles. The number of nitrogens with one attached hydrogen (secondary N) is 2. The zero-order valence-electron chi connectivity index (χ0n) is 35.3. The van der Waals surface area contributed by atoms with E-state index in [1.54, 1.807) is 9.80 Å². The van der Waals surface area contributed by atoms with Gasteiger partial charge in [0.1, 0.15) is 33.3 Å². The van der Waals surface area contributed by atoms with E-state index in [0.717, 1.165) is 34.0 Å². The van der Waals surface area contributed by atoms with Gasteiger partial charge in [0.05, 0.1) is 0 Å². The third-order valence-electron chi connectivity index (χ3n) is 9.81. The summed E-state index contributed by atoms with van der Waals surface area (Å²) < 4.78 is 11.1. The van der Waals surface area contributed by atoms with Crippen molar-refractivity contribution in [1.29, 1.82) is 0 Å². The Morgan fingerprint density at radius 2 is 0.917 bits per heavy atom. The normalized spacial score (nSPS) is 16.5. The summed E-state index contributed by atoms with van der Waals surface area (Å²) in [5, 5.41) is 25.7. The highest BCUT2D eigenvalue weighted by Gasteiger charge is 2.35. The van der Waals surface area contributed by atoms with Crippen molar-refractivity contribution in [3.8, 4) is 0 Å². The first-order chi connectivity index (χ1) is 28.6. The second-order valence-electron chi connectivity index (χ2n) is 16.8. The molecule has 2 aromatic heterocycles. The number of amides is 4. The van der Waals surface area contributed by atoms with Crippen LogP contribution in [0.2, 0.25) is 0 Å². The molecule has 2 aliphatic heterocycles. The predicted octanol–water partition coefficient (Wildman–Crippen LogP) is 6.42. The molecule has 0 spiro atoms. The van der Waals surface area contributed by atoms with Gasteiger partial charge in [-0.15, -0.1) is 20.4 Å². The van der Waals surface area contributed by atoms with E-state index in [2.05, 4.69) is 40.8 Å². The molecule has 2 fully saturated rings. The lowest BCUT2D eigenvalue weighted by Gasteiger charge is -2.39. The molecular weight excluding hydrogens is 805 g/mol. The van der Waals surface area contributed by atoms with Crippen LogP contribution in [0, 0.1) is 0 Å². The number of piperazine rings is 2. The van der Waals surface area contributed by atoms with Crippen molar-refractivity contribution in [2.24, 2.45) is 0 Å². The van der Waals surface area contributed by atoms with Gasteiger partial charge in [0.25, 0.3) is 0 Å². The summed E-state index contributed by atoms with van der Waals surface area (Å²) in [5.74, 6) is -0.408. The van der Waals surface area contributed by atoms with Crippen molar-refractivity contribution in [2.45, 2.75) is 90.5 Å². The average Bonchev–Trinajstić information content (AvgIpc) is 3.85. The molecular formula is C42H56N10O6S2. The number of carbonyl (C=O) groups is 4. The molecule has 16 nitrogen and oxygen atoms in total. The highest BCUT2D eigenvalue weighted by molar-refractivity contribution is 7.15. The third kappa shape index (κ3) is 12.7. The van der Waals surface area contributed by atoms with E-state index in [1.165, 1.54) is 22.7 Å². The zero-order chi connectivity index (χ0) is 42.9. The van der Waals surface area contributed by atoms with Crippen LogP contribution in [-0.4, -0.2) is 128 Å². The maximum Gasteiger partial charge on any atom is 0.410 e. The quantitative estimate of drug-likeness (QED) is 0.141. The second-order valence-corrected chi connectivity index (χ2v) is 18.9. The first kappa shape index (κ1) is 44.5. The fourth-order valence-corrected chi connectivity index (χ4v) is 8.58. The molecule has 0 radical (unpaired) electrons. The van der Waals surface area contributed by atoms with Gasteiger partial charge in [-0.2, -0.15) is 0 Å². The summed E-state index contributed by atoms with van der Waals surface area (Å²) >= 11 is 2.72. The summed E-state index contributed by atoms with van der Waals surface area (Å²) in [6.45, 7) is 15.0. The maximum absolute atomic E-state index is 13.8. The monoisotopic (exact) mass is 860 g/mol. The minimum absolute atomic E-state index is 0.204. The molecule has 4 aromatic rings. The first-order valence-corrected chi connectivity index (χ1v) is 22.1. The molecule has 322 valence electrons.